The topological polar surface area (TPSA) is 49.8 Å². The van der Waals surface area contributed by atoms with Gasteiger partial charge in [0.05, 0.1) is 12.7 Å². The zero-order valence-corrected chi connectivity index (χ0v) is 14.9. The first-order valence-corrected chi connectivity index (χ1v) is 8.87. The lowest BCUT2D eigenvalue weighted by Crippen LogP contribution is -2.47. The van der Waals surface area contributed by atoms with Crippen molar-refractivity contribution in [1.82, 2.24) is 4.90 Å². The molecule has 0 bridgehead atoms. The largest absolute Gasteiger partial charge is 0.391 e. The van der Waals surface area contributed by atoms with Crippen molar-refractivity contribution < 1.29 is 19.0 Å². The molecule has 26 heavy (non-hydrogen) atoms. The van der Waals surface area contributed by atoms with Crippen LogP contribution in [0.1, 0.15) is 27.9 Å². The van der Waals surface area contributed by atoms with Gasteiger partial charge in [-0.1, -0.05) is 30.3 Å². The van der Waals surface area contributed by atoms with E-state index in [1.807, 2.05) is 12.1 Å². The van der Waals surface area contributed by atoms with E-state index in [0.29, 0.717) is 37.1 Å². The van der Waals surface area contributed by atoms with E-state index in [1.54, 1.807) is 42.3 Å². The number of ether oxygens (including phenoxy) is 1. The quantitative estimate of drug-likeness (QED) is 0.895. The molecule has 2 aromatic carbocycles. The number of aliphatic hydroxyl groups excluding tert-OH is 1. The van der Waals surface area contributed by atoms with Gasteiger partial charge < -0.3 is 14.7 Å². The predicted molar refractivity (Wildman–Crippen MR) is 97.3 cm³/mol. The first kappa shape index (κ1) is 18.5. The Morgan fingerprint density at radius 2 is 1.96 bits per heavy atom. The maximum Gasteiger partial charge on any atom is 0.253 e. The Hall–Kier alpha value is -2.24. The average Bonchev–Trinajstić information content (AvgIpc) is 2.65. The Balaban J connectivity index is 1.61. The summed E-state index contributed by atoms with van der Waals surface area (Å²) in [6.07, 6.45) is 0.491. The molecule has 0 aromatic heterocycles. The molecule has 0 aliphatic carbocycles. The van der Waals surface area contributed by atoms with Crippen molar-refractivity contribution in [3.8, 4) is 0 Å². The molecule has 0 saturated carbocycles. The standard InChI is InChI=1S/C21H24FNO3/c1-26-14-15-6-8-16(9-7-15)21(25)23-11-10-18(20(24)13-23)12-17-4-2-3-5-19(17)22/h2-9,18,20,24H,10-14H2,1H3/t18-,20-/m1/s1. The molecule has 1 heterocycles. The number of β-amino-alcohol motifs (C(OH)–C–C–N with tert-alkyl or cyclic N) is 1. The normalized spacial score (nSPS) is 20.2. The number of amides is 1. The predicted octanol–water partition coefficient (Wildman–Crippen LogP) is 3.04. The van der Waals surface area contributed by atoms with E-state index in [9.17, 15) is 14.3 Å². The van der Waals surface area contributed by atoms with Crippen molar-refractivity contribution in [1.29, 1.82) is 0 Å². The monoisotopic (exact) mass is 357 g/mol. The van der Waals surface area contributed by atoms with Gasteiger partial charge in [0, 0.05) is 25.8 Å². The fraction of sp³-hybridized carbons (Fsp3) is 0.381. The molecule has 1 N–H and O–H groups in total. The van der Waals surface area contributed by atoms with Crippen LogP contribution in [-0.4, -0.2) is 42.2 Å². The summed E-state index contributed by atoms with van der Waals surface area (Å²) in [5, 5.41) is 10.5. The highest BCUT2D eigenvalue weighted by Crippen LogP contribution is 2.24. The number of methoxy groups -OCH3 is 1. The molecule has 1 aliphatic rings. The minimum absolute atomic E-state index is 0.0416. The highest BCUT2D eigenvalue weighted by Gasteiger charge is 2.31. The molecule has 138 valence electrons. The summed E-state index contributed by atoms with van der Waals surface area (Å²) in [6.45, 7) is 1.35. The second-order valence-electron chi connectivity index (χ2n) is 6.79. The number of rotatable bonds is 5. The third-order valence-electron chi connectivity index (χ3n) is 4.96. The second-order valence-corrected chi connectivity index (χ2v) is 6.79. The van der Waals surface area contributed by atoms with Crippen molar-refractivity contribution in [2.24, 2.45) is 5.92 Å². The fourth-order valence-corrected chi connectivity index (χ4v) is 3.44. The number of benzene rings is 2. The molecule has 2 aromatic rings. The number of hydrogen-bond donors (Lipinski definition) is 1. The number of likely N-dealkylation sites (tertiary alicyclic amines) is 1. The average molecular weight is 357 g/mol. The van der Waals surface area contributed by atoms with Crippen LogP contribution in [0.15, 0.2) is 48.5 Å². The van der Waals surface area contributed by atoms with Crippen LogP contribution in [-0.2, 0) is 17.8 Å². The van der Waals surface area contributed by atoms with E-state index in [4.69, 9.17) is 4.74 Å². The number of halogens is 1. The number of carbonyl (C=O) groups excluding carboxylic acids is 1. The Morgan fingerprint density at radius 1 is 1.23 bits per heavy atom. The van der Waals surface area contributed by atoms with Gasteiger partial charge in [-0.05, 0) is 48.1 Å². The van der Waals surface area contributed by atoms with Crippen LogP contribution in [0, 0.1) is 11.7 Å². The van der Waals surface area contributed by atoms with Gasteiger partial charge in [0.25, 0.3) is 5.91 Å². The van der Waals surface area contributed by atoms with Crippen LogP contribution >= 0.6 is 0 Å². The number of nitrogens with zero attached hydrogens (tertiary/aromatic N) is 1. The Labute approximate surface area is 153 Å². The molecule has 1 saturated heterocycles. The molecule has 1 fully saturated rings. The molecule has 0 unspecified atom stereocenters. The van der Waals surface area contributed by atoms with Gasteiger partial charge in [0.15, 0.2) is 0 Å². The van der Waals surface area contributed by atoms with Gasteiger partial charge in [0.2, 0.25) is 0 Å². The first-order valence-electron chi connectivity index (χ1n) is 8.87. The molecule has 3 rings (SSSR count). The summed E-state index contributed by atoms with van der Waals surface area (Å²) in [5.74, 6) is -0.369. The molecule has 5 heteroatoms. The Bertz CT molecular complexity index is 747. The Kier molecular flexibility index (Phi) is 6.01. The maximum atomic E-state index is 13.8. The first-order chi connectivity index (χ1) is 12.6. The summed E-state index contributed by atoms with van der Waals surface area (Å²) in [4.78, 5) is 14.3. The molecule has 0 spiro atoms. The molecule has 1 amide bonds. The van der Waals surface area contributed by atoms with Crippen LogP contribution in [0.25, 0.3) is 0 Å². The van der Waals surface area contributed by atoms with Crippen LogP contribution in [0.4, 0.5) is 4.39 Å². The van der Waals surface area contributed by atoms with E-state index in [0.717, 1.165) is 5.56 Å². The zero-order valence-electron chi connectivity index (χ0n) is 14.9. The maximum absolute atomic E-state index is 13.8. The van der Waals surface area contributed by atoms with Gasteiger partial charge in [0.1, 0.15) is 5.82 Å². The van der Waals surface area contributed by atoms with Gasteiger partial charge in [-0.15, -0.1) is 0 Å². The van der Waals surface area contributed by atoms with Gasteiger partial charge in [-0.2, -0.15) is 0 Å². The zero-order chi connectivity index (χ0) is 18.5. The number of hydrogen-bond acceptors (Lipinski definition) is 3. The summed E-state index contributed by atoms with van der Waals surface area (Å²) >= 11 is 0. The van der Waals surface area contributed by atoms with Crippen LogP contribution in [0.5, 0.6) is 0 Å². The third-order valence-corrected chi connectivity index (χ3v) is 4.96. The summed E-state index contributed by atoms with van der Waals surface area (Å²) in [7, 11) is 1.63. The van der Waals surface area contributed by atoms with Crippen LogP contribution in [0.2, 0.25) is 0 Å². The fourth-order valence-electron chi connectivity index (χ4n) is 3.44. The third kappa shape index (κ3) is 4.29. The Morgan fingerprint density at radius 3 is 2.62 bits per heavy atom. The molecule has 0 radical (unpaired) electrons. The molecule has 1 aliphatic heterocycles. The van der Waals surface area contributed by atoms with E-state index in [-0.39, 0.29) is 24.2 Å². The summed E-state index contributed by atoms with van der Waals surface area (Å²) < 4.78 is 18.9. The van der Waals surface area contributed by atoms with E-state index in [2.05, 4.69) is 0 Å². The molecule has 2 atom stereocenters. The highest BCUT2D eigenvalue weighted by atomic mass is 19.1. The lowest BCUT2D eigenvalue weighted by Gasteiger charge is -2.36. The summed E-state index contributed by atoms with van der Waals surface area (Å²) in [5.41, 5.74) is 2.22. The molecular weight excluding hydrogens is 333 g/mol. The van der Waals surface area contributed by atoms with E-state index >= 15 is 0 Å². The van der Waals surface area contributed by atoms with Crippen molar-refractivity contribution in [3.05, 3.63) is 71.0 Å². The van der Waals surface area contributed by atoms with Gasteiger partial charge in [-0.3, -0.25) is 4.79 Å². The number of carbonyl (C=O) groups is 1. The minimum atomic E-state index is -0.653. The van der Waals surface area contributed by atoms with Gasteiger partial charge in [-0.25, -0.2) is 4.39 Å². The van der Waals surface area contributed by atoms with E-state index < -0.39 is 6.10 Å². The van der Waals surface area contributed by atoms with Gasteiger partial charge >= 0.3 is 0 Å². The van der Waals surface area contributed by atoms with Crippen molar-refractivity contribution in [3.63, 3.8) is 0 Å². The smallest absolute Gasteiger partial charge is 0.253 e. The van der Waals surface area contributed by atoms with Crippen molar-refractivity contribution in [2.75, 3.05) is 20.2 Å². The lowest BCUT2D eigenvalue weighted by atomic mass is 9.87. The summed E-state index contributed by atoms with van der Waals surface area (Å²) in [6, 6.07) is 14.0. The van der Waals surface area contributed by atoms with Crippen molar-refractivity contribution >= 4 is 5.91 Å². The molecular formula is C21H24FNO3. The second kappa shape index (κ2) is 8.43. The SMILES string of the molecule is COCc1ccc(C(=O)N2CC[C@H](Cc3ccccc3F)[C@H](O)C2)cc1. The van der Waals surface area contributed by atoms with Crippen LogP contribution in [0.3, 0.4) is 0 Å². The number of piperidine rings is 1. The van der Waals surface area contributed by atoms with E-state index in [1.165, 1.54) is 6.07 Å². The highest BCUT2D eigenvalue weighted by molar-refractivity contribution is 5.94. The molecule has 4 nitrogen and oxygen atoms in total. The van der Waals surface area contributed by atoms with Crippen LogP contribution < -0.4 is 0 Å². The number of aliphatic hydroxyl groups is 1. The minimum Gasteiger partial charge on any atom is -0.391 e. The van der Waals surface area contributed by atoms with Crippen molar-refractivity contribution in [2.45, 2.75) is 25.6 Å². The lowest BCUT2D eigenvalue weighted by molar-refractivity contribution is 0.0196.